The van der Waals surface area contributed by atoms with Crippen LogP contribution in [0.4, 0.5) is 14.9 Å². The van der Waals surface area contributed by atoms with Gasteiger partial charge >= 0.3 is 12.0 Å². The van der Waals surface area contributed by atoms with Gasteiger partial charge in [-0.25, -0.2) is 4.79 Å². The first kappa shape index (κ1) is 15.7. The summed E-state index contributed by atoms with van der Waals surface area (Å²) in [6.07, 6.45) is 0.487. The Morgan fingerprint density at radius 2 is 2.24 bits per heavy atom. The van der Waals surface area contributed by atoms with E-state index in [1.54, 1.807) is 13.0 Å². The number of anilines is 2. The van der Waals surface area contributed by atoms with Gasteiger partial charge in [-0.3, -0.25) is 15.4 Å². The SMILES string of the molecule is CC[C@@H](Sc1nnc(NC(=O)Nc2cccs2)s1)C(=O)O. The number of rotatable bonds is 6. The molecule has 10 heteroatoms. The maximum Gasteiger partial charge on any atom is 0.326 e. The van der Waals surface area contributed by atoms with Crippen LogP contribution in [0.15, 0.2) is 21.9 Å². The fourth-order valence-corrected chi connectivity index (χ4v) is 3.79. The second-order valence-electron chi connectivity index (χ2n) is 3.78. The van der Waals surface area contributed by atoms with Crippen molar-refractivity contribution in [2.24, 2.45) is 0 Å². The van der Waals surface area contributed by atoms with E-state index in [1.807, 2.05) is 11.4 Å². The maximum atomic E-state index is 11.7. The van der Waals surface area contributed by atoms with E-state index in [1.165, 1.54) is 11.3 Å². The molecule has 2 amide bonds. The molecule has 0 saturated heterocycles. The predicted octanol–water partition coefficient (Wildman–Crippen LogP) is 3.20. The van der Waals surface area contributed by atoms with E-state index in [2.05, 4.69) is 20.8 Å². The summed E-state index contributed by atoms with van der Waals surface area (Å²) in [6.45, 7) is 1.79. The number of nitrogens with zero attached hydrogens (tertiary/aromatic N) is 2. The Morgan fingerprint density at radius 1 is 1.43 bits per heavy atom. The molecule has 1 atom stereocenters. The van der Waals surface area contributed by atoms with Gasteiger partial charge in [-0.2, -0.15) is 0 Å². The third-order valence-electron chi connectivity index (χ3n) is 2.27. The zero-order valence-corrected chi connectivity index (χ0v) is 13.3. The highest BCUT2D eigenvalue weighted by atomic mass is 32.2. The molecular formula is C11H12N4O3S3. The standard InChI is InChI=1S/C11H12N4O3S3/c1-2-6(8(16)17)20-11-15-14-10(21-11)13-9(18)12-7-4-3-5-19-7/h3-6H,2H2,1H3,(H,16,17)(H2,12,13,14,18)/t6-/m1/s1. The number of hydrogen-bond acceptors (Lipinski definition) is 7. The number of hydrogen-bond donors (Lipinski definition) is 3. The minimum Gasteiger partial charge on any atom is -0.480 e. The Morgan fingerprint density at radius 3 is 2.86 bits per heavy atom. The first-order chi connectivity index (χ1) is 10.1. The van der Waals surface area contributed by atoms with Crippen LogP contribution in [0, 0.1) is 0 Å². The molecule has 2 heterocycles. The van der Waals surface area contributed by atoms with Crippen molar-refractivity contribution in [1.82, 2.24) is 10.2 Å². The molecule has 0 saturated carbocycles. The minimum atomic E-state index is -0.886. The van der Waals surface area contributed by atoms with E-state index in [-0.39, 0.29) is 0 Å². The van der Waals surface area contributed by atoms with E-state index in [0.29, 0.717) is 15.9 Å². The van der Waals surface area contributed by atoms with E-state index in [0.717, 1.165) is 28.1 Å². The molecule has 0 aromatic carbocycles. The van der Waals surface area contributed by atoms with Crippen LogP contribution in [0.3, 0.4) is 0 Å². The molecule has 2 aromatic rings. The number of aliphatic carboxylic acids is 1. The number of carbonyl (C=O) groups excluding carboxylic acids is 1. The topological polar surface area (TPSA) is 104 Å². The number of nitrogens with one attached hydrogen (secondary N) is 2. The molecule has 2 aromatic heterocycles. The van der Waals surface area contributed by atoms with Crippen molar-refractivity contribution in [3.63, 3.8) is 0 Å². The molecule has 112 valence electrons. The van der Waals surface area contributed by atoms with E-state index >= 15 is 0 Å². The summed E-state index contributed by atoms with van der Waals surface area (Å²) in [7, 11) is 0. The summed E-state index contributed by atoms with van der Waals surface area (Å²) >= 11 is 3.68. The van der Waals surface area contributed by atoms with Crippen LogP contribution < -0.4 is 10.6 Å². The summed E-state index contributed by atoms with van der Waals surface area (Å²) in [5.74, 6) is -0.886. The molecule has 3 N–H and O–H groups in total. The molecule has 0 bridgehead atoms. The molecule has 0 aliphatic rings. The number of aromatic nitrogens is 2. The zero-order valence-electron chi connectivity index (χ0n) is 10.9. The number of thioether (sulfide) groups is 1. The van der Waals surface area contributed by atoms with Gasteiger partial charge in [0.15, 0.2) is 4.34 Å². The number of carboxylic acids is 1. The number of thiophene rings is 1. The Labute approximate surface area is 132 Å². The van der Waals surface area contributed by atoms with Gasteiger partial charge < -0.3 is 5.11 Å². The monoisotopic (exact) mass is 344 g/mol. The lowest BCUT2D eigenvalue weighted by molar-refractivity contribution is -0.136. The predicted molar refractivity (Wildman–Crippen MR) is 84.4 cm³/mol. The van der Waals surface area contributed by atoms with Crippen LogP contribution in [0.25, 0.3) is 0 Å². The molecule has 7 nitrogen and oxygen atoms in total. The van der Waals surface area contributed by atoms with Crippen LogP contribution in [-0.2, 0) is 4.79 Å². The lowest BCUT2D eigenvalue weighted by atomic mass is 10.3. The van der Waals surface area contributed by atoms with Gasteiger partial charge in [0, 0.05) is 0 Å². The van der Waals surface area contributed by atoms with Crippen LogP contribution in [-0.4, -0.2) is 32.6 Å². The molecule has 21 heavy (non-hydrogen) atoms. The van der Waals surface area contributed by atoms with E-state index < -0.39 is 17.3 Å². The van der Waals surface area contributed by atoms with Gasteiger partial charge in [-0.1, -0.05) is 30.0 Å². The van der Waals surface area contributed by atoms with Crippen molar-refractivity contribution >= 4 is 56.6 Å². The molecule has 0 radical (unpaired) electrons. The summed E-state index contributed by atoms with van der Waals surface area (Å²) in [5.41, 5.74) is 0. The smallest absolute Gasteiger partial charge is 0.326 e. The van der Waals surface area contributed by atoms with E-state index in [9.17, 15) is 9.59 Å². The van der Waals surface area contributed by atoms with Crippen LogP contribution >= 0.6 is 34.4 Å². The van der Waals surface area contributed by atoms with Gasteiger partial charge in [-0.15, -0.1) is 21.5 Å². The highest BCUT2D eigenvalue weighted by molar-refractivity contribution is 8.02. The lowest BCUT2D eigenvalue weighted by Gasteiger charge is -2.05. The van der Waals surface area contributed by atoms with Gasteiger partial charge in [0.2, 0.25) is 5.13 Å². The number of carboxylic acid groups (broad SMARTS) is 1. The third kappa shape index (κ3) is 4.69. The molecule has 0 spiro atoms. The number of carbonyl (C=O) groups is 2. The summed E-state index contributed by atoms with van der Waals surface area (Å²) < 4.78 is 0.510. The maximum absolute atomic E-state index is 11.7. The zero-order chi connectivity index (χ0) is 15.2. The normalized spacial score (nSPS) is 11.9. The third-order valence-corrected chi connectivity index (χ3v) is 5.33. The van der Waals surface area contributed by atoms with Crippen molar-refractivity contribution in [1.29, 1.82) is 0 Å². The molecular weight excluding hydrogens is 332 g/mol. The van der Waals surface area contributed by atoms with Crippen molar-refractivity contribution in [3.8, 4) is 0 Å². The second kappa shape index (κ2) is 7.38. The average molecular weight is 344 g/mol. The highest BCUT2D eigenvalue weighted by Crippen LogP contribution is 2.30. The largest absolute Gasteiger partial charge is 0.480 e. The van der Waals surface area contributed by atoms with Gasteiger partial charge in [-0.05, 0) is 23.9 Å². The Bertz CT molecular complexity index is 614. The van der Waals surface area contributed by atoms with Crippen molar-refractivity contribution in [2.45, 2.75) is 22.9 Å². The van der Waals surface area contributed by atoms with Gasteiger partial charge in [0.05, 0.1) is 5.00 Å². The van der Waals surface area contributed by atoms with Crippen molar-refractivity contribution in [2.75, 3.05) is 10.6 Å². The Balaban J connectivity index is 1.90. The molecule has 0 fully saturated rings. The Kier molecular flexibility index (Phi) is 5.53. The number of urea groups is 1. The van der Waals surface area contributed by atoms with Gasteiger partial charge in [0.25, 0.3) is 0 Å². The van der Waals surface area contributed by atoms with Crippen LogP contribution in [0.2, 0.25) is 0 Å². The molecule has 0 aliphatic carbocycles. The Hall–Kier alpha value is -1.65. The summed E-state index contributed by atoms with van der Waals surface area (Å²) in [4.78, 5) is 22.7. The quantitative estimate of drug-likeness (QED) is 0.549. The fourth-order valence-electron chi connectivity index (χ4n) is 1.33. The number of amides is 2. The molecule has 0 aliphatic heterocycles. The minimum absolute atomic E-state index is 0.326. The first-order valence-corrected chi connectivity index (χ1v) is 8.50. The first-order valence-electron chi connectivity index (χ1n) is 5.93. The highest BCUT2D eigenvalue weighted by Gasteiger charge is 2.19. The second-order valence-corrected chi connectivity index (χ2v) is 7.16. The fraction of sp³-hybridized carbons (Fsp3) is 0.273. The van der Waals surface area contributed by atoms with Crippen molar-refractivity contribution in [3.05, 3.63) is 17.5 Å². The van der Waals surface area contributed by atoms with Crippen LogP contribution in [0.1, 0.15) is 13.3 Å². The lowest BCUT2D eigenvalue weighted by Crippen LogP contribution is -2.18. The van der Waals surface area contributed by atoms with Gasteiger partial charge in [0.1, 0.15) is 5.25 Å². The summed E-state index contributed by atoms with van der Waals surface area (Å²) in [5, 5.41) is 24.2. The molecule has 0 unspecified atom stereocenters. The van der Waals surface area contributed by atoms with Crippen molar-refractivity contribution < 1.29 is 14.7 Å². The van der Waals surface area contributed by atoms with E-state index in [4.69, 9.17) is 5.11 Å². The average Bonchev–Trinajstić information content (AvgIpc) is 3.07. The van der Waals surface area contributed by atoms with Crippen LogP contribution in [0.5, 0.6) is 0 Å². The summed E-state index contributed by atoms with van der Waals surface area (Å²) in [6, 6.07) is 3.21. The molecule has 2 rings (SSSR count).